The molecule has 0 atom stereocenters. The van der Waals surface area contributed by atoms with Gasteiger partial charge in [0.2, 0.25) is 0 Å². The Kier molecular flexibility index (Phi) is 4.82. The number of amides is 1. The first-order chi connectivity index (χ1) is 11.2. The van der Waals surface area contributed by atoms with Crippen LogP contribution in [0.4, 0.5) is 4.39 Å². The summed E-state index contributed by atoms with van der Waals surface area (Å²) in [7, 11) is 1.45. The molecule has 1 fully saturated rings. The summed E-state index contributed by atoms with van der Waals surface area (Å²) in [4.78, 5) is 16.2. The first kappa shape index (κ1) is 15.8. The van der Waals surface area contributed by atoms with Gasteiger partial charge >= 0.3 is 0 Å². The van der Waals surface area contributed by atoms with Crippen molar-refractivity contribution in [2.24, 2.45) is 0 Å². The number of carbonyl (C=O) groups excluding carboxylic acids is 1. The molecule has 1 aliphatic rings. The highest BCUT2D eigenvalue weighted by Gasteiger charge is 2.23. The topological polar surface area (TPSA) is 58.6 Å². The molecule has 8 heteroatoms. The lowest BCUT2D eigenvalue weighted by atomic mass is 10.1. The van der Waals surface area contributed by atoms with E-state index in [2.05, 4.69) is 13.6 Å². The van der Waals surface area contributed by atoms with Crippen LogP contribution < -0.4 is 4.74 Å². The van der Waals surface area contributed by atoms with Crippen LogP contribution in [0.1, 0.15) is 16.1 Å². The molecule has 0 saturated carbocycles. The number of nitrogens with zero attached hydrogens (tertiary/aromatic N) is 4. The molecule has 0 spiro atoms. The summed E-state index contributed by atoms with van der Waals surface area (Å²) >= 11 is 1.03. The summed E-state index contributed by atoms with van der Waals surface area (Å²) < 4.78 is 26.5. The SMILES string of the molecule is COc1ccc(CN2CCN(C(=O)c3cnsn3)CC2)cc1F. The highest BCUT2D eigenvalue weighted by molar-refractivity contribution is 6.99. The summed E-state index contributed by atoms with van der Waals surface area (Å²) in [6.45, 7) is 3.42. The average molecular weight is 336 g/mol. The van der Waals surface area contributed by atoms with Crippen LogP contribution in [0, 0.1) is 5.82 Å². The van der Waals surface area contributed by atoms with Gasteiger partial charge in [0, 0.05) is 32.7 Å². The number of hydrogen-bond acceptors (Lipinski definition) is 6. The molecule has 1 aliphatic heterocycles. The van der Waals surface area contributed by atoms with Crippen molar-refractivity contribution in [3.05, 3.63) is 41.5 Å². The summed E-state index contributed by atoms with van der Waals surface area (Å²) in [5.74, 6) is -0.176. The number of benzene rings is 1. The lowest BCUT2D eigenvalue weighted by Gasteiger charge is -2.34. The third-order valence-corrected chi connectivity index (χ3v) is 4.34. The number of piperazine rings is 1. The second-order valence-electron chi connectivity index (χ2n) is 5.33. The Morgan fingerprint density at radius 3 is 2.74 bits per heavy atom. The first-order valence-electron chi connectivity index (χ1n) is 7.29. The van der Waals surface area contributed by atoms with Crippen LogP contribution in [0.15, 0.2) is 24.4 Å². The molecule has 1 saturated heterocycles. The third-order valence-electron chi connectivity index (χ3n) is 3.86. The Morgan fingerprint density at radius 2 is 2.13 bits per heavy atom. The Bertz CT molecular complexity index is 672. The largest absolute Gasteiger partial charge is 0.494 e. The van der Waals surface area contributed by atoms with E-state index >= 15 is 0 Å². The van der Waals surface area contributed by atoms with Gasteiger partial charge in [0.1, 0.15) is 0 Å². The second-order valence-corrected chi connectivity index (χ2v) is 5.89. The Morgan fingerprint density at radius 1 is 1.35 bits per heavy atom. The average Bonchev–Trinajstić information content (AvgIpc) is 3.09. The molecule has 0 N–H and O–H groups in total. The van der Waals surface area contributed by atoms with E-state index < -0.39 is 0 Å². The minimum atomic E-state index is -0.352. The van der Waals surface area contributed by atoms with Crippen molar-refractivity contribution in [3.63, 3.8) is 0 Å². The van der Waals surface area contributed by atoms with Crippen molar-refractivity contribution < 1.29 is 13.9 Å². The number of carbonyl (C=O) groups is 1. The van der Waals surface area contributed by atoms with E-state index in [1.54, 1.807) is 11.0 Å². The fraction of sp³-hybridized carbons (Fsp3) is 0.400. The van der Waals surface area contributed by atoms with Crippen LogP contribution >= 0.6 is 11.7 Å². The van der Waals surface area contributed by atoms with E-state index in [9.17, 15) is 9.18 Å². The Hall–Kier alpha value is -2.06. The molecule has 23 heavy (non-hydrogen) atoms. The van der Waals surface area contributed by atoms with E-state index in [1.807, 2.05) is 6.07 Å². The highest BCUT2D eigenvalue weighted by Crippen LogP contribution is 2.19. The standard InChI is InChI=1S/C15H17FN4O2S/c1-22-14-3-2-11(8-12(14)16)10-19-4-6-20(7-5-19)15(21)13-9-17-23-18-13/h2-3,8-9H,4-7,10H2,1H3. The maximum absolute atomic E-state index is 13.7. The lowest BCUT2D eigenvalue weighted by Crippen LogP contribution is -2.48. The fourth-order valence-corrected chi connectivity index (χ4v) is 3.00. The number of aromatic nitrogens is 2. The van der Waals surface area contributed by atoms with Crippen LogP contribution in [-0.4, -0.2) is 57.7 Å². The van der Waals surface area contributed by atoms with Gasteiger partial charge in [-0.3, -0.25) is 9.69 Å². The lowest BCUT2D eigenvalue weighted by molar-refractivity contribution is 0.0623. The molecule has 1 aromatic carbocycles. The van der Waals surface area contributed by atoms with Crippen molar-refractivity contribution in [2.75, 3.05) is 33.3 Å². The zero-order valence-electron chi connectivity index (χ0n) is 12.7. The maximum Gasteiger partial charge on any atom is 0.275 e. The molecule has 0 unspecified atom stereocenters. The van der Waals surface area contributed by atoms with Crippen molar-refractivity contribution in [1.82, 2.24) is 18.5 Å². The van der Waals surface area contributed by atoms with Gasteiger partial charge in [0.15, 0.2) is 17.3 Å². The van der Waals surface area contributed by atoms with Gasteiger partial charge in [-0.2, -0.15) is 8.75 Å². The van der Waals surface area contributed by atoms with Crippen molar-refractivity contribution in [3.8, 4) is 5.75 Å². The molecule has 2 aromatic rings. The molecule has 0 aliphatic carbocycles. The van der Waals surface area contributed by atoms with Gasteiger partial charge < -0.3 is 9.64 Å². The molecule has 0 bridgehead atoms. The van der Waals surface area contributed by atoms with E-state index in [0.29, 0.717) is 25.3 Å². The number of halogens is 1. The zero-order valence-corrected chi connectivity index (χ0v) is 13.6. The summed E-state index contributed by atoms with van der Waals surface area (Å²) in [6.07, 6.45) is 1.50. The van der Waals surface area contributed by atoms with Gasteiger partial charge in [-0.15, -0.1) is 0 Å². The minimum absolute atomic E-state index is 0.0751. The summed E-state index contributed by atoms with van der Waals surface area (Å²) in [5, 5.41) is 0. The third kappa shape index (κ3) is 3.65. The first-order valence-corrected chi connectivity index (χ1v) is 8.02. The molecule has 3 rings (SSSR count). The minimum Gasteiger partial charge on any atom is -0.494 e. The van der Waals surface area contributed by atoms with E-state index in [-0.39, 0.29) is 17.5 Å². The normalized spacial score (nSPS) is 15.7. The van der Waals surface area contributed by atoms with Crippen molar-refractivity contribution in [1.29, 1.82) is 0 Å². The van der Waals surface area contributed by atoms with Gasteiger partial charge in [-0.1, -0.05) is 6.07 Å². The molecule has 6 nitrogen and oxygen atoms in total. The number of rotatable bonds is 4. The molecule has 122 valence electrons. The van der Waals surface area contributed by atoms with Crippen molar-refractivity contribution in [2.45, 2.75) is 6.54 Å². The number of ether oxygens (including phenoxy) is 1. The van der Waals surface area contributed by atoms with E-state index in [1.165, 1.54) is 19.4 Å². The predicted octanol–water partition coefficient (Wildman–Crippen LogP) is 1.64. The van der Waals surface area contributed by atoms with Gasteiger partial charge in [0.05, 0.1) is 25.0 Å². The Labute approximate surface area is 137 Å². The van der Waals surface area contributed by atoms with E-state index in [0.717, 1.165) is 30.4 Å². The van der Waals surface area contributed by atoms with Crippen molar-refractivity contribution >= 4 is 17.6 Å². The highest BCUT2D eigenvalue weighted by atomic mass is 32.1. The second kappa shape index (κ2) is 7.01. The molecule has 2 heterocycles. The zero-order chi connectivity index (χ0) is 16.2. The summed E-state index contributed by atoms with van der Waals surface area (Å²) in [5.41, 5.74) is 1.30. The smallest absolute Gasteiger partial charge is 0.275 e. The maximum atomic E-state index is 13.7. The van der Waals surface area contributed by atoms with Crippen LogP contribution in [0.5, 0.6) is 5.75 Å². The molecular weight excluding hydrogens is 319 g/mol. The molecule has 1 aromatic heterocycles. The molecular formula is C15H17FN4O2S. The monoisotopic (exact) mass is 336 g/mol. The van der Waals surface area contributed by atoms with Gasteiger partial charge in [0.25, 0.3) is 5.91 Å². The van der Waals surface area contributed by atoms with E-state index in [4.69, 9.17) is 4.74 Å². The Balaban J connectivity index is 1.55. The van der Waals surface area contributed by atoms with Crippen LogP contribution in [0.2, 0.25) is 0 Å². The molecule has 1 amide bonds. The number of hydrogen-bond donors (Lipinski definition) is 0. The van der Waals surface area contributed by atoms with Crippen LogP contribution in [-0.2, 0) is 6.54 Å². The predicted molar refractivity (Wildman–Crippen MR) is 84.0 cm³/mol. The van der Waals surface area contributed by atoms with Gasteiger partial charge in [-0.05, 0) is 17.7 Å². The summed E-state index contributed by atoms with van der Waals surface area (Å²) in [6, 6.07) is 5.00. The van der Waals surface area contributed by atoms with Gasteiger partial charge in [-0.25, -0.2) is 4.39 Å². The van der Waals surface area contributed by atoms with Crippen LogP contribution in [0.3, 0.4) is 0 Å². The molecule has 0 radical (unpaired) electrons. The quantitative estimate of drug-likeness (QED) is 0.850. The van der Waals surface area contributed by atoms with Crippen LogP contribution in [0.25, 0.3) is 0 Å². The number of methoxy groups -OCH3 is 1. The fourth-order valence-electron chi connectivity index (χ4n) is 2.60.